The molecular formula is C15H11ClN4O4. The van der Waals surface area contributed by atoms with Crippen LogP contribution in [-0.2, 0) is 6.54 Å². The number of benzene rings is 1. The second kappa shape index (κ2) is 6.55. The van der Waals surface area contributed by atoms with Crippen LogP contribution in [0.5, 0.6) is 0 Å². The Kier molecular flexibility index (Phi) is 4.30. The molecule has 0 fully saturated rings. The SMILES string of the molecule is O=C(Nc1cc([N+](=O)[O-])ccc1Cl)c1ccc(Cn2cccn2)o1. The van der Waals surface area contributed by atoms with Crippen LogP contribution in [0.3, 0.4) is 0 Å². The number of hydrogen-bond acceptors (Lipinski definition) is 5. The second-order valence-corrected chi connectivity index (χ2v) is 5.25. The molecule has 24 heavy (non-hydrogen) atoms. The fourth-order valence-electron chi connectivity index (χ4n) is 2.05. The van der Waals surface area contributed by atoms with Crippen LogP contribution in [0.1, 0.15) is 16.3 Å². The van der Waals surface area contributed by atoms with Crippen molar-refractivity contribution in [2.24, 2.45) is 0 Å². The minimum absolute atomic E-state index is 0.0692. The van der Waals surface area contributed by atoms with Gasteiger partial charge in [0.15, 0.2) is 5.76 Å². The first kappa shape index (κ1) is 15.8. The van der Waals surface area contributed by atoms with Crippen molar-refractivity contribution in [2.75, 3.05) is 5.32 Å². The van der Waals surface area contributed by atoms with Crippen LogP contribution >= 0.6 is 11.6 Å². The number of non-ortho nitro benzene ring substituents is 1. The highest BCUT2D eigenvalue weighted by molar-refractivity contribution is 6.34. The lowest BCUT2D eigenvalue weighted by Gasteiger charge is -2.05. The van der Waals surface area contributed by atoms with Gasteiger partial charge in [0.25, 0.3) is 11.6 Å². The molecule has 0 radical (unpaired) electrons. The molecule has 3 rings (SSSR count). The van der Waals surface area contributed by atoms with Gasteiger partial charge >= 0.3 is 0 Å². The summed E-state index contributed by atoms with van der Waals surface area (Å²) < 4.78 is 7.11. The molecule has 1 N–H and O–H groups in total. The smallest absolute Gasteiger partial charge is 0.291 e. The Morgan fingerprint density at radius 1 is 1.38 bits per heavy atom. The standard InChI is InChI=1S/C15H11ClN4O4/c16-12-4-2-10(20(22)23)8-13(12)18-15(21)14-5-3-11(24-14)9-19-7-1-6-17-19/h1-8H,9H2,(H,18,21). The van der Waals surface area contributed by atoms with E-state index >= 15 is 0 Å². The van der Waals surface area contributed by atoms with E-state index in [0.29, 0.717) is 12.3 Å². The molecule has 0 saturated carbocycles. The number of carbonyl (C=O) groups excluding carboxylic acids is 1. The third kappa shape index (κ3) is 3.44. The molecule has 3 aromatic rings. The predicted molar refractivity (Wildman–Crippen MR) is 86.1 cm³/mol. The predicted octanol–water partition coefficient (Wildman–Crippen LogP) is 3.34. The Morgan fingerprint density at radius 3 is 2.92 bits per heavy atom. The van der Waals surface area contributed by atoms with E-state index in [1.54, 1.807) is 29.2 Å². The quantitative estimate of drug-likeness (QED) is 0.563. The molecule has 0 atom stereocenters. The highest BCUT2D eigenvalue weighted by Crippen LogP contribution is 2.27. The summed E-state index contributed by atoms with van der Waals surface area (Å²) in [5, 5.41) is 17.5. The number of hydrogen-bond donors (Lipinski definition) is 1. The summed E-state index contributed by atoms with van der Waals surface area (Å²) in [6.45, 7) is 0.387. The summed E-state index contributed by atoms with van der Waals surface area (Å²) in [4.78, 5) is 22.4. The maximum Gasteiger partial charge on any atom is 0.291 e. The Labute approximate surface area is 140 Å². The van der Waals surface area contributed by atoms with Crippen LogP contribution < -0.4 is 5.32 Å². The van der Waals surface area contributed by atoms with Gasteiger partial charge in [-0.25, -0.2) is 0 Å². The average molecular weight is 347 g/mol. The summed E-state index contributed by atoms with van der Waals surface area (Å²) in [6, 6.07) is 8.74. The third-order valence-corrected chi connectivity index (χ3v) is 3.50. The monoisotopic (exact) mass is 346 g/mol. The van der Waals surface area contributed by atoms with Crippen molar-refractivity contribution in [1.82, 2.24) is 9.78 Å². The molecule has 0 aliphatic heterocycles. The van der Waals surface area contributed by atoms with Gasteiger partial charge in [-0.3, -0.25) is 19.6 Å². The molecule has 9 heteroatoms. The zero-order chi connectivity index (χ0) is 17.1. The highest BCUT2D eigenvalue weighted by atomic mass is 35.5. The molecule has 122 valence electrons. The van der Waals surface area contributed by atoms with E-state index in [9.17, 15) is 14.9 Å². The lowest BCUT2D eigenvalue weighted by Crippen LogP contribution is -2.11. The van der Waals surface area contributed by atoms with Gasteiger partial charge in [0.2, 0.25) is 0 Å². The fourth-order valence-corrected chi connectivity index (χ4v) is 2.21. The number of nitrogens with zero attached hydrogens (tertiary/aromatic N) is 3. The molecule has 2 aromatic heterocycles. The van der Waals surface area contributed by atoms with Crippen molar-refractivity contribution in [3.05, 3.63) is 75.4 Å². The van der Waals surface area contributed by atoms with Gasteiger partial charge in [0, 0.05) is 24.5 Å². The van der Waals surface area contributed by atoms with Crippen LogP contribution in [0.2, 0.25) is 5.02 Å². The molecule has 0 bridgehead atoms. The number of anilines is 1. The lowest BCUT2D eigenvalue weighted by molar-refractivity contribution is -0.384. The largest absolute Gasteiger partial charge is 0.454 e. The van der Waals surface area contributed by atoms with E-state index in [-0.39, 0.29) is 22.2 Å². The molecule has 0 aliphatic carbocycles. The number of halogens is 1. The average Bonchev–Trinajstić information content (AvgIpc) is 3.21. The zero-order valence-electron chi connectivity index (χ0n) is 12.2. The lowest BCUT2D eigenvalue weighted by atomic mass is 10.2. The zero-order valence-corrected chi connectivity index (χ0v) is 12.9. The first-order valence-corrected chi connectivity index (χ1v) is 7.22. The van der Waals surface area contributed by atoms with Crippen molar-refractivity contribution >= 4 is 28.9 Å². The second-order valence-electron chi connectivity index (χ2n) is 4.84. The molecule has 0 saturated heterocycles. The van der Waals surface area contributed by atoms with Crippen molar-refractivity contribution in [3.63, 3.8) is 0 Å². The molecule has 0 spiro atoms. The molecule has 0 aliphatic rings. The summed E-state index contributed by atoms with van der Waals surface area (Å²) in [5.41, 5.74) is -0.0330. The number of amides is 1. The van der Waals surface area contributed by atoms with E-state index in [1.807, 2.05) is 0 Å². The first-order valence-electron chi connectivity index (χ1n) is 6.84. The van der Waals surface area contributed by atoms with E-state index in [2.05, 4.69) is 10.4 Å². The Bertz CT molecular complexity index is 889. The molecule has 0 unspecified atom stereocenters. The number of furan rings is 1. The van der Waals surface area contributed by atoms with Gasteiger partial charge in [-0.15, -0.1) is 0 Å². The highest BCUT2D eigenvalue weighted by Gasteiger charge is 2.16. The van der Waals surface area contributed by atoms with Crippen molar-refractivity contribution in [2.45, 2.75) is 6.54 Å². The first-order chi connectivity index (χ1) is 11.5. The number of nitro benzene ring substituents is 1. The van der Waals surface area contributed by atoms with Crippen molar-refractivity contribution < 1.29 is 14.1 Å². The van der Waals surface area contributed by atoms with E-state index in [0.717, 1.165) is 0 Å². The molecule has 8 nitrogen and oxygen atoms in total. The maximum atomic E-state index is 12.2. The summed E-state index contributed by atoms with van der Waals surface area (Å²) >= 11 is 5.95. The van der Waals surface area contributed by atoms with Gasteiger partial charge in [-0.05, 0) is 24.3 Å². The summed E-state index contributed by atoms with van der Waals surface area (Å²) in [5.74, 6) is 0.0674. The Morgan fingerprint density at radius 2 is 2.21 bits per heavy atom. The van der Waals surface area contributed by atoms with Crippen LogP contribution in [0.15, 0.2) is 53.2 Å². The minimum Gasteiger partial charge on any atom is -0.454 e. The van der Waals surface area contributed by atoms with Crippen LogP contribution in [0.4, 0.5) is 11.4 Å². The van der Waals surface area contributed by atoms with E-state index in [1.165, 1.54) is 24.3 Å². The van der Waals surface area contributed by atoms with Crippen molar-refractivity contribution in [1.29, 1.82) is 0 Å². The van der Waals surface area contributed by atoms with Gasteiger partial charge < -0.3 is 9.73 Å². The van der Waals surface area contributed by atoms with Gasteiger partial charge in [-0.2, -0.15) is 5.10 Å². The van der Waals surface area contributed by atoms with Gasteiger partial charge in [-0.1, -0.05) is 11.6 Å². The fraction of sp³-hybridized carbons (Fsp3) is 0.0667. The molecule has 2 heterocycles. The van der Waals surface area contributed by atoms with Gasteiger partial charge in [0.1, 0.15) is 5.76 Å². The number of aromatic nitrogens is 2. The van der Waals surface area contributed by atoms with E-state index < -0.39 is 10.8 Å². The molecule has 1 aromatic carbocycles. The number of nitrogens with one attached hydrogen (secondary N) is 1. The topological polar surface area (TPSA) is 103 Å². The normalized spacial score (nSPS) is 10.5. The summed E-state index contributed by atoms with van der Waals surface area (Å²) in [6.07, 6.45) is 3.41. The van der Waals surface area contributed by atoms with Crippen LogP contribution in [-0.4, -0.2) is 20.6 Å². The third-order valence-electron chi connectivity index (χ3n) is 3.17. The molecule has 1 amide bonds. The van der Waals surface area contributed by atoms with Crippen molar-refractivity contribution in [3.8, 4) is 0 Å². The van der Waals surface area contributed by atoms with E-state index in [4.69, 9.17) is 16.0 Å². The number of nitro groups is 1. The number of carbonyl (C=O) groups is 1. The van der Waals surface area contributed by atoms with Crippen LogP contribution in [0.25, 0.3) is 0 Å². The molecular weight excluding hydrogens is 336 g/mol. The maximum absolute atomic E-state index is 12.2. The van der Waals surface area contributed by atoms with Gasteiger partial charge in [0.05, 0.1) is 22.2 Å². The summed E-state index contributed by atoms with van der Waals surface area (Å²) in [7, 11) is 0. The van der Waals surface area contributed by atoms with Crippen LogP contribution in [0, 0.1) is 10.1 Å². The Hall–Kier alpha value is -3.13. The number of rotatable bonds is 5. The Balaban J connectivity index is 1.74. The minimum atomic E-state index is -0.568.